The number of aliphatic hydroxyl groups excluding tert-OH is 2. The van der Waals surface area contributed by atoms with Gasteiger partial charge in [-0.25, -0.2) is 0 Å². The van der Waals surface area contributed by atoms with Crippen LogP contribution in [-0.4, -0.2) is 51.0 Å². The van der Waals surface area contributed by atoms with E-state index in [1.807, 2.05) is 19.9 Å². The molecule has 0 heterocycles. The maximum absolute atomic E-state index is 13.5. The minimum Gasteiger partial charge on any atom is -0.455 e. The van der Waals surface area contributed by atoms with Crippen molar-refractivity contribution in [3.05, 3.63) is 23.3 Å². The van der Waals surface area contributed by atoms with Gasteiger partial charge in [-0.3, -0.25) is 9.59 Å². The number of unbranched alkanes of at least 4 members (excludes halogenated alkanes) is 6. The van der Waals surface area contributed by atoms with Gasteiger partial charge >= 0.3 is 5.97 Å². The largest absolute Gasteiger partial charge is 0.455 e. The molecule has 2 fully saturated rings. The number of hydrogen-bond acceptors (Lipinski definition) is 6. The molecule has 0 saturated heterocycles. The van der Waals surface area contributed by atoms with E-state index in [0.29, 0.717) is 24.0 Å². The van der Waals surface area contributed by atoms with E-state index >= 15 is 0 Å². The second kappa shape index (κ2) is 10.4. The Bertz CT molecular complexity index is 1040. The molecule has 0 bridgehead atoms. The van der Waals surface area contributed by atoms with Crippen molar-refractivity contribution in [1.82, 2.24) is 0 Å². The minimum absolute atomic E-state index is 0.0614. The molecule has 0 aromatic heterocycles. The van der Waals surface area contributed by atoms with Crippen LogP contribution < -0.4 is 0 Å². The molecule has 0 aliphatic heterocycles. The van der Waals surface area contributed by atoms with Crippen LogP contribution in [0.5, 0.6) is 0 Å². The highest BCUT2D eigenvalue weighted by Gasteiger charge is 2.87. The topological polar surface area (TPSA) is 104 Å². The number of ketones is 1. The molecular formula is C33H52O6. The maximum Gasteiger partial charge on any atom is 0.306 e. The van der Waals surface area contributed by atoms with Gasteiger partial charge in [0.05, 0.1) is 12.7 Å². The van der Waals surface area contributed by atoms with Crippen molar-refractivity contribution >= 4 is 11.8 Å². The first-order valence-electron chi connectivity index (χ1n) is 15.4. The lowest BCUT2D eigenvalue weighted by atomic mass is 9.44. The summed E-state index contributed by atoms with van der Waals surface area (Å²) in [6, 6.07) is 0. The number of fused-ring (bicyclic) bond motifs is 5. The van der Waals surface area contributed by atoms with Gasteiger partial charge in [-0.05, 0) is 48.2 Å². The van der Waals surface area contributed by atoms with Gasteiger partial charge in [0, 0.05) is 29.6 Å². The molecule has 0 aromatic rings. The number of carbonyl (C=O) groups is 2. The Morgan fingerprint density at radius 3 is 2.28 bits per heavy atom. The Kier molecular flexibility index (Phi) is 8.12. The second-order valence-electron chi connectivity index (χ2n) is 13.9. The third kappa shape index (κ3) is 3.98. The summed E-state index contributed by atoms with van der Waals surface area (Å²) in [5, 5.41) is 34.6. The monoisotopic (exact) mass is 544 g/mol. The average molecular weight is 545 g/mol. The van der Waals surface area contributed by atoms with E-state index in [-0.39, 0.29) is 42.5 Å². The molecule has 4 aliphatic rings. The molecule has 3 N–H and O–H groups in total. The Hall–Kier alpha value is -1.50. The Balaban J connectivity index is 1.67. The number of rotatable bonds is 11. The normalized spacial score (nSPS) is 42.1. The Morgan fingerprint density at radius 1 is 1.08 bits per heavy atom. The number of aliphatic hydroxyl groups is 3. The lowest BCUT2D eigenvalue weighted by Gasteiger charge is -2.60. The lowest BCUT2D eigenvalue weighted by molar-refractivity contribution is -0.213. The van der Waals surface area contributed by atoms with E-state index in [9.17, 15) is 24.9 Å². The van der Waals surface area contributed by atoms with Crippen LogP contribution in [0.15, 0.2) is 23.3 Å². The molecular weight excluding hydrogens is 492 g/mol. The number of carbonyl (C=O) groups excluding carboxylic acids is 2. The van der Waals surface area contributed by atoms with Gasteiger partial charge < -0.3 is 20.1 Å². The van der Waals surface area contributed by atoms with Crippen molar-refractivity contribution in [2.75, 3.05) is 6.61 Å². The zero-order valence-corrected chi connectivity index (χ0v) is 25.3. The molecule has 0 amide bonds. The molecule has 4 rings (SSSR count). The lowest BCUT2D eigenvalue weighted by Crippen LogP contribution is -2.65. The molecule has 220 valence electrons. The predicted molar refractivity (Wildman–Crippen MR) is 152 cm³/mol. The first kappa shape index (κ1) is 30.5. The Labute approximate surface area is 235 Å². The van der Waals surface area contributed by atoms with Gasteiger partial charge in [0.1, 0.15) is 11.2 Å². The summed E-state index contributed by atoms with van der Waals surface area (Å²) in [4.78, 5) is 26.7. The van der Waals surface area contributed by atoms with Gasteiger partial charge in [-0.1, -0.05) is 92.2 Å². The van der Waals surface area contributed by atoms with Crippen molar-refractivity contribution in [1.29, 1.82) is 0 Å². The zero-order chi connectivity index (χ0) is 29.0. The Morgan fingerprint density at radius 2 is 1.69 bits per heavy atom. The molecule has 0 unspecified atom stereocenters. The van der Waals surface area contributed by atoms with E-state index in [1.165, 1.54) is 25.7 Å². The molecule has 0 radical (unpaired) electrons. The number of allylic oxidation sites excluding steroid dienone is 1. The molecule has 2 saturated carbocycles. The fraction of sp³-hybridized carbons (Fsp3) is 0.818. The van der Waals surface area contributed by atoms with E-state index in [1.54, 1.807) is 6.92 Å². The van der Waals surface area contributed by atoms with Crippen LogP contribution >= 0.6 is 0 Å². The summed E-state index contributed by atoms with van der Waals surface area (Å²) >= 11 is 0. The fourth-order valence-electron chi connectivity index (χ4n) is 9.76. The van der Waals surface area contributed by atoms with E-state index < -0.39 is 33.6 Å². The van der Waals surface area contributed by atoms with Crippen LogP contribution in [0.1, 0.15) is 113 Å². The maximum atomic E-state index is 13.5. The highest BCUT2D eigenvalue weighted by atomic mass is 16.6. The molecule has 0 spiro atoms. The molecule has 6 heteroatoms. The number of hydrogen-bond donors (Lipinski definition) is 3. The summed E-state index contributed by atoms with van der Waals surface area (Å²) in [6.45, 7) is 13.9. The van der Waals surface area contributed by atoms with Crippen LogP contribution in [0.3, 0.4) is 0 Å². The molecule has 4 aliphatic carbocycles. The summed E-state index contributed by atoms with van der Waals surface area (Å²) in [5.41, 5.74) is -3.72. The smallest absolute Gasteiger partial charge is 0.306 e. The number of ether oxygens (including phenoxy) is 1. The first-order valence-corrected chi connectivity index (χ1v) is 15.4. The van der Waals surface area contributed by atoms with Gasteiger partial charge in [-0.15, -0.1) is 0 Å². The summed E-state index contributed by atoms with van der Waals surface area (Å²) < 4.78 is 6.33. The van der Waals surface area contributed by atoms with Gasteiger partial charge in [0.2, 0.25) is 0 Å². The van der Waals surface area contributed by atoms with E-state index in [4.69, 9.17) is 4.74 Å². The standard InChI is InChI=1S/C33H52O6/c1-8-10-11-12-13-14-15-16-25(35)39-33-26(29(33,5)6)24-17-23(20-34)19-32(38)27(36)21(3)18-30(32,7)31(24,9-2)22(4)28(33)37/h17-18,22,24,26,28,34,37-38H,8-16,19-20H2,1-7H3/t22-,24+,26+,28-,30+,31+,32+,33-/m1/s1. The molecule has 39 heavy (non-hydrogen) atoms. The predicted octanol–water partition coefficient (Wildman–Crippen LogP) is 5.68. The van der Waals surface area contributed by atoms with Gasteiger partial charge in [0.25, 0.3) is 0 Å². The van der Waals surface area contributed by atoms with Crippen molar-refractivity contribution in [3.8, 4) is 0 Å². The third-order valence-corrected chi connectivity index (χ3v) is 11.9. The van der Waals surface area contributed by atoms with E-state index in [2.05, 4.69) is 33.8 Å². The van der Waals surface area contributed by atoms with E-state index in [0.717, 1.165) is 19.3 Å². The van der Waals surface area contributed by atoms with Gasteiger partial charge in [-0.2, -0.15) is 0 Å². The zero-order valence-electron chi connectivity index (χ0n) is 25.3. The SMILES string of the molecule is CCCCCCCCCC(=O)O[C@@]12[C@H](O)[C@@H](C)[C@@]3(CC)[C@@H](C=C(CO)C[C@]4(O)C(=O)C(C)=C[C@@]34C)[C@H]1C2(C)C. The summed E-state index contributed by atoms with van der Waals surface area (Å²) in [7, 11) is 0. The second-order valence-corrected chi connectivity index (χ2v) is 13.9. The van der Waals surface area contributed by atoms with Crippen LogP contribution in [-0.2, 0) is 14.3 Å². The average Bonchev–Trinajstić information content (AvgIpc) is 3.34. The molecule has 8 atom stereocenters. The van der Waals surface area contributed by atoms with Gasteiger partial charge in [0.15, 0.2) is 5.78 Å². The number of esters is 1. The van der Waals surface area contributed by atoms with Crippen LogP contribution in [0, 0.1) is 34.0 Å². The molecule has 6 nitrogen and oxygen atoms in total. The quantitative estimate of drug-likeness (QED) is 0.176. The minimum atomic E-state index is -1.70. The van der Waals surface area contributed by atoms with Crippen LogP contribution in [0.4, 0.5) is 0 Å². The van der Waals surface area contributed by atoms with Crippen molar-refractivity contribution in [3.63, 3.8) is 0 Å². The van der Waals surface area contributed by atoms with Crippen LogP contribution in [0.2, 0.25) is 0 Å². The van der Waals surface area contributed by atoms with Crippen molar-refractivity contribution in [2.45, 2.75) is 130 Å². The van der Waals surface area contributed by atoms with Crippen molar-refractivity contribution < 1.29 is 29.6 Å². The van der Waals surface area contributed by atoms with Crippen molar-refractivity contribution in [2.24, 2.45) is 34.0 Å². The number of Topliss-reactive ketones (excluding diaryl/α,β-unsaturated/α-hetero) is 1. The highest BCUT2D eigenvalue weighted by Crippen LogP contribution is 2.81. The summed E-state index contributed by atoms with van der Waals surface area (Å²) in [5.74, 6) is -1.33. The van der Waals surface area contributed by atoms with Crippen LogP contribution in [0.25, 0.3) is 0 Å². The first-order chi connectivity index (χ1) is 18.3. The third-order valence-electron chi connectivity index (χ3n) is 11.9. The summed E-state index contributed by atoms with van der Waals surface area (Å²) in [6.07, 6.45) is 11.9. The highest BCUT2D eigenvalue weighted by molar-refractivity contribution is 6.05. The molecule has 0 aromatic carbocycles. The fourth-order valence-corrected chi connectivity index (χ4v) is 9.76.